The van der Waals surface area contributed by atoms with E-state index in [0.717, 1.165) is 5.56 Å². The molecule has 8 heteroatoms. The number of hydrogen-bond donors (Lipinski definition) is 1. The van der Waals surface area contributed by atoms with E-state index in [2.05, 4.69) is 4.89 Å². The zero-order valence-corrected chi connectivity index (χ0v) is 14.4. The fourth-order valence-corrected chi connectivity index (χ4v) is 3.52. The van der Waals surface area contributed by atoms with Crippen molar-refractivity contribution in [3.63, 3.8) is 0 Å². The Balaban J connectivity index is 2.28. The van der Waals surface area contributed by atoms with Crippen molar-refractivity contribution < 1.29 is 23.0 Å². The first kappa shape index (κ1) is 18.3. The van der Waals surface area contributed by atoms with Crippen LogP contribution in [0.2, 0.25) is 5.02 Å². The summed E-state index contributed by atoms with van der Waals surface area (Å²) in [7, 11) is -3.72. The lowest BCUT2D eigenvalue weighted by Crippen LogP contribution is -2.06. The molecular weight excluding hydrogens is 354 g/mol. The van der Waals surface area contributed by atoms with Crippen LogP contribution >= 0.6 is 11.6 Å². The number of nitrogens with two attached hydrogens (primary N) is 1. The molecular formula is C16H16ClNO5S. The van der Waals surface area contributed by atoms with Crippen LogP contribution in [-0.4, -0.2) is 20.9 Å². The normalized spacial score (nSPS) is 11.1. The molecule has 6 nitrogen and oxygen atoms in total. The monoisotopic (exact) mass is 369 g/mol. The van der Waals surface area contributed by atoms with Gasteiger partial charge in [0.25, 0.3) is 0 Å². The van der Waals surface area contributed by atoms with Crippen LogP contribution in [0.3, 0.4) is 0 Å². The number of hydrogen-bond acceptors (Lipinski definition) is 6. The SMILES string of the molecule is CC(=O)OOc1ccc(S(=O)(=O)c2ccc(CCN)cc2)cc1Cl. The standard InChI is InChI=1S/C16H16ClNO5S/c1-11(19)22-23-16-7-6-14(10-15(16)17)24(20,21)13-4-2-12(3-5-13)8-9-18/h2-7,10H,8-9,18H2,1H3. The van der Waals surface area contributed by atoms with Gasteiger partial charge in [-0.05, 0) is 48.9 Å². The Morgan fingerprint density at radius 3 is 2.29 bits per heavy atom. The van der Waals surface area contributed by atoms with Crippen LogP contribution in [0.15, 0.2) is 52.3 Å². The Morgan fingerprint density at radius 2 is 1.75 bits per heavy atom. The van der Waals surface area contributed by atoms with Crippen molar-refractivity contribution in [2.24, 2.45) is 5.73 Å². The molecule has 0 amide bonds. The summed E-state index contributed by atoms with van der Waals surface area (Å²) in [5.74, 6) is -0.607. The number of halogens is 1. The first-order chi connectivity index (χ1) is 11.3. The van der Waals surface area contributed by atoms with Crippen molar-refractivity contribution in [2.75, 3.05) is 6.54 Å². The Labute approximate surface area is 145 Å². The molecule has 24 heavy (non-hydrogen) atoms. The fraction of sp³-hybridized carbons (Fsp3) is 0.188. The highest BCUT2D eigenvalue weighted by Crippen LogP contribution is 2.30. The zero-order chi connectivity index (χ0) is 17.7. The third-order valence-corrected chi connectivity index (χ3v) is 5.19. The van der Waals surface area contributed by atoms with Gasteiger partial charge in [-0.25, -0.2) is 13.2 Å². The number of sulfone groups is 1. The molecule has 0 unspecified atom stereocenters. The predicted octanol–water partition coefficient (Wildman–Crippen LogP) is 2.53. The van der Waals surface area contributed by atoms with Crippen molar-refractivity contribution in [2.45, 2.75) is 23.1 Å². The minimum absolute atomic E-state index is 0.00856. The summed E-state index contributed by atoms with van der Waals surface area (Å²) in [5.41, 5.74) is 6.43. The molecule has 0 radical (unpaired) electrons. The molecule has 2 rings (SSSR count). The summed E-state index contributed by atoms with van der Waals surface area (Å²) in [6, 6.07) is 10.4. The van der Waals surface area contributed by atoms with E-state index in [0.29, 0.717) is 13.0 Å². The highest BCUT2D eigenvalue weighted by Gasteiger charge is 2.19. The molecule has 0 saturated carbocycles. The summed E-state index contributed by atoms with van der Waals surface area (Å²) < 4.78 is 25.2. The molecule has 0 bridgehead atoms. The molecule has 2 N–H and O–H groups in total. The van der Waals surface area contributed by atoms with E-state index >= 15 is 0 Å². The molecule has 2 aromatic carbocycles. The lowest BCUT2D eigenvalue weighted by Gasteiger charge is -2.09. The zero-order valence-electron chi connectivity index (χ0n) is 12.9. The van der Waals surface area contributed by atoms with E-state index in [9.17, 15) is 13.2 Å². The summed E-state index contributed by atoms with van der Waals surface area (Å²) >= 11 is 5.98. The summed E-state index contributed by atoms with van der Waals surface area (Å²) in [4.78, 5) is 20.0. The third kappa shape index (κ3) is 4.25. The van der Waals surface area contributed by atoms with Crippen molar-refractivity contribution in [3.05, 3.63) is 53.1 Å². The minimum atomic E-state index is -3.72. The van der Waals surface area contributed by atoms with Crippen LogP contribution in [0, 0.1) is 0 Å². The van der Waals surface area contributed by atoms with Gasteiger partial charge in [0.1, 0.15) is 0 Å². The lowest BCUT2D eigenvalue weighted by atomic mass is 10.2. The van der Waals surface area contributed by atoms with Crippen LogP contribution in [0.1, 0.15) is 12.5 Å². The smallest absolute Gasteiger partial charge is 0.330 e. The average molecular weight is 370 g/mol. The molecule has 0 aliphatic rings. The van der Waals surface area contributed by atoms with Crippen LogP contribution in [0.25, 0.3) is 0 Å². The molecule has 128 valence electrons. The number of carbonyl (C=O) groups is 1. The highest BCUT2D eigenvalue weighted by molar-refractivity contribution is 7.91. The maximum atomic E-state index is 12.6. The lowest BCUT2D eigenvalue weighted by molar-refractivity contribution is -0.210. The second-order valence-corrected chi connectivity index (χ2v) is 7.29. The van der Waals surface area contributed by atoms with Gasteiger partial charge in [-0.3, -0.25) is 9.78 Å². The van der Waals surface area contributed by atoms with E-state index in [1.54, 1.807) is 12.1 Å². The van der Waals surface area contributed by atoms with E-state index in [4.69, 9.17) is 22.2 Å². The van der Waals surface area contributed by atoms with Crippen LogP contribution in [0.5, 0.6) is 5.75 Å². The number of benzene rings is 2. The molecule has 0 saturated heterocycles. The Morgan fingerprint density at radius 1 is 1.12 bits per heavy atom. The van der Waals surface area contributed by atoms with Crippen molar-refractivity contribution in [1.29, 1.82) is 0 Å². The summed E-state index contributed by atoms with van der Waals surface area (Å²) in [6.45, 7) is 1.66. The molecule has 0 aromatic heterocycles. The van der Waals surface area contributed by atoms with Gasteiger partial charge in [-0.1, -0.05) is 23.7 Å². The van der Waals surface area contributed by atoms with Gasteiger partial charge >= 0.3 is 5.97 Å². The fourth-order valence-electron chi connectivity index (χ4n) is 1.96. The van der Waals surface area contributed by atoms with Gasteiger partial charge in [0.2, 0.25) is 9.84 Å². The Bertz CT molecular complexity index is 834. The molecule has 0 atom stereocenters. The van der Waals surface area contributed by atoms with Gasteiger partial charge < -0.3 is 5.73 Å². The highest BCUT2D eigenvalue weighted by atomic mass is 35.5. The number of rotatable bonds is 6. The molecule has 0 aliphatic carbocycles. The second-order valence-electron chi connectivity index (χ2n) is 4.94. The van der Waals surface area contributed by atoms with Gasteiger partial charge in [0, 0.05) is 6.92 Å². The molecule has 0 spiro atoms. The van der Waals surface area contributed by atoms with Crippen molar-refractivity contribution in [1.82, 2.24) is 0 Å². The summed E-state index contributed by atoms with van der Waals surface area (Å²) in [6.07, 6.45) is 0.675. The predicted molar refractivity (Wildman–Crippen MR) is 88.5 cm³/mol. The van der Waals surface area contributed by atoms with E-state index in [-0.39, 0.29) is 20.6 Å². The average Bonchev–Trinajstić information content (AvgIpc) is 2.54. The second kappa shape index (κ2) is 7.65. The van der Waals surface area contributed by atoms with Crippen molar-refractivity contribution >= 4 is 27.4 Å². The van der Waals surface area contributed by atoms with Gasteiger partial charge in [-0.2, -0.15) is 0 Å². The summed E-state index contributed by atoms with van der Waals surface area (Å²) in [5, 5.41) is 0.0112. The largest absolute Gasteiger partial charge is 0.352 e. The maximum absolute atomic E-state index is 12.6. The van der Waals surface area contributed by atoms with Crippen molar-refractivity contribution in [3.8, 4) is 5.75 Å². The van der Waals surface area contributed by atoms with E-state index in [1.165, 1.54) is 37.3 Å². The topological polar surface area (TPSA) is 95.7 Å². The van der Waals surface area contributed by atoms with Gasteiger partial charge in [0.05, 0.1) is 14.8 Å². The van der Waals surface area contributed by atoms with Gasteiger partial charge in [-0.15, -0.1) is 0 Å². The van der Waals surface area contributed by atoms with E-state index in [1.807, 2.05) is 0 Å². The quantitative estimate of drug-likeness (QED) is 0.621. The maximum Gasteiger partial charge on any atom is 0.352 e. The molecule has 0 fully saturated rings. The Kier molecular flexibility index (Phi) is 5.82. The first-order valence-corrected chi connectivity index (χ1v) is 8.89. The Hall–Kier alpha value is -2.09. The van der Waals surface area contributed by atoms with Crippen LogP contribution in [-0.2, 0) is 25.9 Å². The van der Waals surface area contributed by atoms with Crippen LogP contribution < -0.4 is 10.6 Å². The third-order valence-electron chi connectivity index (χ3n) is 3.13. The first-order valence-electron chi connectivity index (χ1n) is 7.03. The van der Waals surface area contributed by atoms with Gasteiger partial charge in [0.15, 0.2) is 5.75 Å². The number of carbonyl (C=O) groups excluding carboxylic acids is 1. The van der Waals surface area contributed by atoms with Crippen LogP contribution in [0.4, 0.5) is 0 Å². The molecule has 2 aromatic rings. The molecule has 0 heterocycles. The molecule has 0 aliphatic heterocycles. The van der Waals surface area contributed by atoms with E-state index < -0.39 is 15.8 Å². The minimum Gasteiger partial charge on any atom is -0.330 e.